The zero-order valence-electron chi connectivity index (χ0n) is 8.87. The molecule has 4 nitrogen and oxygen atoms in total. The summed E-state index contributed by atoms with van der Waals surface area (Å²) in [5.74, 6) is -0.655. The summed E-state index contributed by atoms with van der Waals surface area (Å²) >= 11 is 0. The molecular formula is C11H18NO3+. The molecule has 0 spiro atoms. The van der Waals surface area contributed by atoms with E-state index in [9.17, 15) is 9.59 Å². The Morgan fingerprint density at radius 1 is 1.13 bits per heavy atom. The van der Waals surface area contributed by atoms with Gasteiger partial charge in [0.1, 0.15) is 6.42 Å². The van der Waals surface area contributed by atoms with Crippen LogP contribution in [0.15, 0.2) is 25.3 Å². The Kier molecular flexibility index (Phi) is 6.97. The van der Waals surface area contributed by atoms with Crippen LogP contribution in [0.5, 0.6) is 0 Å². The van der Waals surface area contributed by atoms with E-state index < -0.39 is 5.97 Å². The second-order valence-corrected chi connectivity index (χ2v) is 3.15. The summed E-state index contributed by atoms with van der Waals surface area (Å²) in [4.78, 5) is 23.5. The number of rotatable bonds is 8. The minimum Gasteiger partial charge on any atom is -0.565 e. The van der Waals surface area contributed by atoms with Crippen LogP contribution in [-0.4, -0.2) is 35.0 Å². The highest BCUT2D eigenvalue weighted by Crippen LogP contribution is 2.01. The maximum Gasteiger partial charge on any atom is 0.515 e. The Hall–Kier alpha value is -1.58. The van der Waals surface area contributed by atoms with Crippen molar-refractivity contribution in [3.63, 3.8) is 0 Å². The molecule has 0 radical (unpaired) electrons. The normalized spacial score (nSPS) is 9.33. The van der Waals surface area contributed by atoms with Gasteiger partial charge in [0.25, 0.3) is 0 Å². The van der Waals surface area contributed by atoms with Gasteiger partial charge in [0, 0.05) is 24.3 Å². The molecule has 2 N–H and O–H groups in total. The molecule has 0 saturated heterocycles. The molecule has 0 atom stereocenters. The molecule has 0 fully saturated rings. The van der Waals surface area contributed by atoms with Crippen LogP contribution in [0.25, 0.3) is 0 Å². The molecule has 84 valence electrons. The van der Waals surface area contributed by atoms with Gasteiger partial charge in [0.05, 0.1) is 0 Å². The van der Waals surface area contributed by atoms with Gasteiger partial charge in [-0.05, 0) is 6.42 Å². The van der Waals surface area contributed by atoms with E-state index in [0.717, 1.165) is 0 Å². The molecule has 0 saturated carbocycles. The molecule has 0 aromatic carbocycles. The van der Waals surface area contributed by atoms with Crippen LogP contribution in [-0.2, 0) is 9.59 Å². The van der Waals surface area contributed by atoms with Gasteiger partial charge in [-0.1, -0.05) is 12.2 Å². The number of hydrogen-bond donors (Lipinski definition) is 0. The van der Waals surface area contributed by atoms with Gasteiger partial charge in [-0.2, -0.15) is 0 Å². The fourth-order valence-electron chi connectivity index (χ4n) is 1.15. The van der Waals surface area contributed by atoms with Gasteiger partial charge >= 0.3 is 5.97 Å². The van der Waals surface area contributed by atoms with Crippen molar-refractivity contribution in [2.24, 2.45) is 0 Å². The zero-order chi connectivity index (χ0) is 11.7. The standard InChI is InChI=1S/C11H17NO3/c1-3-8-12(9-4-2)10(13)6-5-7-11(14)15/h3-4H,1-2,5-9H2,(H,14,15)/p+1. The summed E-state index contributed by atoms with van der Waals surface area (Å²) in [6.07, 6.45) is 4.17. The van der Waals surface area contributed by atoms with Crippen molar-refractivity contribution in [1.82, 2.24) is 4.90 Å². The smallest absolute Gasteiger partial charge is 0.515 e. The van der Waals surface area contributed by atoms with Crippen molar-refractivity contribution >= 4 is 11.9 Å². The predicted octanol–water partition coefficient (Wildman–Crippen LogP) is 0.609. The lowest BCUT2D eigenvalue weighted by Crippen LogP contribution is -2.31. The van der Waals surface area contributed by atoms with Crippen LogP contribution in [0.1, 0.15) is 19.3 Å². The van der Waals surface area contributed by atoms with E-state index in [-0.39, 0.29) is 12.3 Å². The maximum atomic E-state index is 11.6. The number of carbonyl (C=O) groups excluding carboxylic acids is 2. The number of carbonyl (C=O) groups is 2. The predicted molar refractivity (Wildman–Crippen MR) is 59.4 cm³/mol. The van der Waals surface area contributed by atoms with Crippen molar-refractivity contribution in [3.8, 4) is 0 Å². The highest BCUT2D eigenvalue weighted by Gasteiger charge is 2.12. The highest BCUT2D eigenvalue weighted by atomic mass is 16.4. The van der Waals surface area contributed by atoms with Gasteiger partial charge < -0.3 is 10.0 Å². The molecule has 1 amide bonds. The van der Waals surface area contributed by atoms with E-state index in [0.29, 0.717) is 25.9 Å². The first-order chi connectivity index (χ1) is 7.11. The molecule has 0 heterocycles. The molecular weight excluding hydrogens is 194 g/mol. The topological polar surface area (TPSA) is 60.3 Å². The second-order valence-electron chi connectivity index (χ2n) is 3.15. The molecule has 0 rings (SSSR count). The third-order valence-electron chi connectivity index (χ3n) is 1.85. The van der Waals surface area contributed by atoms with E-state index in [4.69, 9.17) is 5.11 Å². The molecule has 0 aliphatic carbocycles. The lowest BCUT2D eigenvalue weighted by molar-refractivity contribution is -0.137. The van der Waals surface area contributed by atoms with Gasteiger partial charge in [0.2, 0.25) is 5.91 Å². The van der Waals surface area contributed by atoms with Gasteiger partial charge in [-0.15, -0.1) is 13.2 Å². The lowest BCUT2D eigenvalue weighted by atomic mass is 10.2. The summed E-state index contributed by atoms with van der Waals surface area (Å²) < 4.78 is 0. The zero-order valence-corrected chi connectivity index (χ0v) is 8.87. The summed E-state index contributed by atoms with van der Waals surface area (Å²) in [6.45, 7) is 8.09. The molecule has 4 heteroatoms. The van der Waals surface area contributed by atoms with Crippen molar-refractivity contribution < 1.29 is 14.7 Å². The molecule has 0 aliphatic rings. The monoisotopic (exact) mass is 212 g/mol. The minimum absolute atomic E-state index is 0.0314. The second kappa shape index (κ2) is 7.79. The van der Waals surface area contributed by atoms with Gasteiger partial charge in [-0.3, -0.25) is 4.79 Å². The fraction of sp³-hybridized carbons (Fsp3) is 0.455. The van der Waals surface area contributed by atoms with E-state index in [1.165, 1.54) is 0 Å². The number of amides is 1. The molecule has 0 bridgehead atoms. The van der Waals surface area contributed by atoms with E-state index in [1.54, 1.807) is 17.1 Å². The third kappa shape index (κ3) is 6.49. The van der Waals surface area contributed by atoms with Crippen LogP contribution in [0, 0.1) is 0 Å². The molecule has 0 aliphatic heterocycles. The van der Waals surface area contributed by atoms with Crippen LogP contribution in [0.4, 0.5) is 0 Å². The quantitative estimate of drug-likeness (QED) is 0.437. The summed E-state index contributed by atoms with van der Waals surface area (Å²) in [5, 5.41) is 6.70. The minimum atomic E-state index is -0.623. The Labute approximate surface area is 89.9 Å². The first kappa shape index (κ1) is 13.4. The average molecular weight is 212 g/mol. The first-order valence-corrected chi connectivity index (χ1v) is 4.85. The van der Waals surface area contributed by atoms with E-state index in [2.05, 4.69) is 13.2 Å². The van der Waals surface area contributed by atoms with Gasteiger partial charge in [0.15, 0.2) is 0 Å². The Morgan fingerprint density at radius 3 is 2.07 bits per heavy atom. The largest absolute Gasteiger partial charge is 0.565 e. The van der Waals surface area contributed by atoms with Crippen LogP contribution in [0.3, 0.4) is 0 Å². The molecule has 0 aromatic heterocycles. The van der Waals surface area contributed by atoms with Crippen molar-refractivity contribution in [1.29, 1.82) is 0 Å². The van der Waals surface area contributed by atoms with Crippen LogP contribution in [0.2, 0.25) is 0 Å². The first-order valence-electron chi connectivity index (χ1n) is 4.85. The third-order valence-corrected chi connectivity index (χ3v) is 1.85. The Morgan fingerprint density at radius 2 is 1.67 bits per heavy atom. The average Bonchev–Trinajstić information content (AvgIpc) is 2.16. The summed E-state index contributed by atoms with van der Waals surface area (Å²) in [5.41, 5.74) is 0. The number of hydrogen-bond acceptors (Lipinski definition) is 2. The maximum absolute atomic E-state index is 11.6. The Balaban J connectivity index is 3.95. The summed E-state index contributed by atoms with van der Waals surface area (Å²) in [6, 6.07) is 0. The summed E-state index contributed by atoms with van der Waals surface area (Å²) in [7, 11) is 0. The lowest BCUT2D eigenvalue weighted by Gasteiger charge is -2.18. The number of nitrogens with zero attached hydrogens (tertiary/aromatic N) is 1. The van der Waals surface area contributed by atoms with Crippen molar-refractivity contribution in [2.75, 3.05) is 13.1 Å². The van der Waals surface area contributed by atoms with E-state index in [1.807, 2.05) is 0 Å². The van der Waals surface area contributed by atoms with Gasteiger partial charge in [-0.25, -0.2) is 0 Å². The van der Waals surface area contributed by atoms with Crippen LogP contribution < -0.4 is 0 Å². The highest BCUT2D eigenvalue weighted by molar-refractivity contribution is 5.77. The SMILES string of the molecule is C=CCN(CC=C)C(=O)CCCC(=O)[OH2+]. The van der Waals surface area contributed by atoms with Crippen LogP contribution >= 0.6 is 0 Å². The van der Waals surface area contributed by atoms with E-state index >= 15 is 0 Å². The Bertz CT molecular complexity index is 238. The fourth-order valence-corrected chi connectivity index (χ4v) is 1.15. The van der Waals surface area contributed by atoms with Crippen molar-refractivity contribution in [3.05, 3.63) is 25.3 Å². The molecule has 15 heavy (non-hydrogen) atoms. The molecule has 0 aromatic rings. The molecule has 0 unspecified atom stereocenters. The van der Waals surface area contributed by atoms with Crippen molar-refractivity contribution in [2.45, 2.75) is 19.3 Å².